The molecule has 27 heavy (non-hydrogen) atoms. The van der Waals surface area contributed by atoms with Crippen molar-refractivity contribution in [3.8, 4) is 0 Å². The molecule has 1 aliphatic carbocycles. The van der Waals surface area contributed by atoms with Crippen LogP contribution >= 0.6 is 0 Å². The molecular weight excluding hydrogens is 338 g/mol. The van der Waals surface area contributed by atoms with Gasteiger partial charge in [-0.3, -0.25) is 9.79 Å². The zero-order valence-electron chi connectivity index (χ0n) is 17.5. The minimum atomic E-state index is 0.0366. The van der Waals surface area contributed by atoms with E-state index in [-0.39, 0.29) is 5.91 Å². The first kappa shape index (κ1) is 21.2. The Balaban J connectivity index is 1.89. The highest BCUT2D eigenvalue weighted by molar-refractivity contribution is 5.94. The van der Waals surface area contributed by atoms with Gasteiger partial charge in [0.05, 0.1) is 6.54 Å². The molecule has 1 atom stereocenters. The first-order chi connectivity index (χ1) is 12.9. The number of benzene rings is 1. The standard InChI is InChI=1S/C21H35N5O/c1-6-22-21(24-15-19(25(2)3)17-10-11-17)23-13-12-16-8-7-9-18(14-16)20(27)26(4)5/h7-9,14,17,19H,6,10-13,15H2,1-5H3,(H2,22,23,24). The molecule has 1 aliphatic rings. The van der Waals surface area contributed by atoms with Gasteiger partial charge < -0.3 is 20.4 Å². The van der Waals surface area contributed by atoms with Crippen molar-refractivity contribution in [2.75, 3.05) is 47.8 Å². The van der Waals surface area contributed by atoms with Crippen molar-refractivity contribution in [2.24, 2.45) is 10.9 Å². The smallest absolute Gasteiger partial charge is 0.253 e. The number of guanidine groups is 1. The molecule has 1 saturated carbocycles. The zero-order valence-corrected chi connectivity index (χ0v) is 17.5. The SMILES string of the molecule is CCNC(=NCC(C1CC1)N(C)C)NCCc1cccc(C(=O)N(C)C)c1. The summed E-state index contributed by atoms with van der Waals surface area (Å²) >= 11 is 0. The average molecular weight is 374 g/mol. The van der Waals surface area contributed by atoms with Crippen LogP contribution in [-0.2, 0) is 6.42 Å². The Hall–Kier alpha value is -2.08. The Morgan fingerprint density at radius 3 is 2.56 bits per heavy atom. The number of hydrogen-bond donors (Lipinski definition) is 2. The first-order valence-electron chi connectivity index (χ1n) is 9.91. The van der Waals surface area contributed by atoms with E-state index in [1.807, 2.05) is 18.2 Å². The molecular formula is C21H35N5O. The fourth-order valence-electron chi connectivity index (χ4n) is 3.18. The van der Waals surface area contributed by atoms with Gasteiger partial charge in [0.15, 0.2) is 5.96 Å². The monoisotopic (exact) mass is 373 g/mol. The summed E-state index contributed by atoms with van der Waals surface area (Å²) in [6, 6.07) is 8.37. The molecule has 0 bridgehead atoms. The number of nitrogens with one attached hydrogen (secondary N) is 2. The molecule has 0 saturated heterocycles. The van der Waals surface area contributed by atoms with Crippen LogP contribution in [0.3, 0.4) is 0 Å². The second kappa shape index (κ2) is 10.3. The van der Waals surface area contributed by atoms with E-state index in [4.69, 9.17) is 4.99 Å². The summed E-state index contributed by atoms with van der Waals surface area (Å²) in [6.45, 7) is 4.52. The van der Waals surface area contributed by atoms with Crippen LogP contribution in [0, 0.1) is 5.92 Å². The Labute approximate surface area is 164 Å². The van der Waals surface area contributed by atoms with E-state index in [0.29, 0.717) is 6.04 Å². The number of likely N-dealkylation sites (N-methyl/N-ethyl adjacent to an activating group) is 1. The van der Waals surface area contributed by atoms with Crippen LogP contribution in [0.25, 0.3) is 0 Å². The lowest BCUT2D eigenvalue weighted by molar-refractivity contribution is 0.0827. The normalized spacial score (nSPS) is 15.6. The summed E-state index contributed by atoms with van der Waals surface area (Å²) in [7, 11) is 7.83. The number of carbonyl (C=O) groups excluding carboxylic acids is 1. The highest BCUT2D eigenvalue weighted by Gasteiger charge is 2.32. The highest BCUT2D eigenvalue weighted by atomic mass is 16.2. The summed E-state index contributed by atoms with van der Waals surface area (Å²) in [5.74, 6) is 1.70. The van der Waals surface area contributed by atoms with Crippen LogP contribution in [-0.4, -0.2) is 75.5 Å². The van der Waals surface area contributed by atoms with Gasteiger partial charge in [-0.1, -0.05) is 12.1 Å². The molecule has 6 heteroatoms. The maximum absolute atomic E-state index is 12.1. The summed E-state index contributed by atoms with van der Waals surface area (Å²) in [6.07, 6.45) is 3.49. The maximum Gasteiger partial charge on any atom is 0.253 e. The van der Waals surface area contributed by atoms with Crippen molar-refractivity contribution >= 4 is 11.9 Å². The van der Waals surface area contributed by atoms with Crippen molar-refractivity contribution in [1.29, 1.82) is 0 Å². The molecule has 2 rings (SSSR count). The average Bonchev–Trinajstić information content (AvgIpc) is 3.46. The second-order valence-corrected chi connectivity index (χ2v) is 7.66. The molecule has 0 aliphatic heterocycles. The Morgan fingerprint density at radius 2 is 1.96 bits per heavy atom. The van der Waals surface area contributed by atoms with Gasteiger partial charge in [-0.05, 0) is 63.9 Å². The van der Waals surface area contributed by atoms with Gasteiger partial charge in [-0.25, -0.2) is 0 Å². The van der Waals surface area contributed by atoms with Crippen LogP contribution in [0.1, 0.15) is 35.7 Å². The highest BCUT2D eigenvalue weighted by Crippen LogP contribution is 2.34. The maximum atomic E-state index is 12.1. The molecule has 1 aromatic rings. The van der Waals surface area contributed by atoms with Crippen molar-refractivity contribution < 1.29 is 4.79 Å². The quantitative estimate of drug-likeness (QED) is 0.512. The van der Waals surface area contributed by atoms with Crippen LogP contribution in [0.5, 0.6) is 0 Å². The van der Waals surface area contributed by atoms with Gasteiger partial charge in [-0.15, -0.1) is 0 Å². The van der Waals surface area contributed by atoms with Gasteiger partial charge in [0.1, 0.15) is 0 Å². The molecule has 1 fully saturated rings. The number of rotatable bonds is 9. The molecule has 0 spiro atoms. The van der Waals surface area contributed by atoms with Gasteiger partial charge >= 0.3 is 0 Å². The number of carbonyl (C=O) groups is 1. The fraction of sp³-hybridized carbons (Fsp3) is 0.619. The van der Waals surface area contributed by atoms with E-state index in [1.165, 1.54) is 12.8 Å². The molecule has 1 aromatic carbocycles. The van der Waals surface area contributed by atoms with E-state index in [0.717, 1.165) is 49.1 Å². The number of nitrogens with zero attached hydrogens (tertiary/aromatic N) is 3. The van der Waals surface area contributed by atoms with Crippen LogP contribution in [0.15, 0.2) is 29.3 Å². The lowest BCUT2D eigenvalue weighted by Crippen LogP contribution is -2.40. The summed E-state index contributed by atoms with van der Waals surface area (Å²) in [4.78, 5) is 20.8. The minimum absolute atomic E-state index is 0.0366. The molecule has 1 unspecified atom stereocenters. The number of hydrogen-bond acceptors (Lipinski definition) is 3. The second-order valence-electron chi connectivity index (χ2n) is 7.66. The van der Waals surface area contributed by atoms with E-state index in [2.05, 4.69) is 42.6 Å². The third-order valence-corrected chi connectivity index (χ3v) is 4.90. The van der Waals surface area contributed by atoms with E-state index in [1.54, 1.807) is 19.0 Å². The van der Waals surface area contributed by atoms with Gasteiger partial charge in [0.2, 0.25) is 0 Å². The van der Waals surface area contributed by atoms with Crippen molar-refractivity contribution in [3.05, 3.63) is 35.4 Å². The molecule has 0 heterocycles. The third-order valence-electron chi connectivity index (χ3n) is 4.90. The molecule has 150 valence electrons. The van der Waals surface area contributed by atoms with Crippen LogP contribution < -0.4 is 10.6 Å². The molecule has 6 nitrogen and oxygen atoms in total. The van der Waals surface area contributed by atoms with Crippen molar-refractivity contribution in [1.82, 2.24) is 20.4 Å². The van der Waals surface area contributed by atoms with Crippen molar-refractivity contribution in [2.45, 2.75) is 32.2 Å². The van der Waals surface area contributed by atoms with Crippen LogP contribution in [0.4, 0.5) is 0 Å². The number of amides is 1. The first-order valence-corrected chi connectivity index (χ1v) is 9.91. The van der Waals surface area contributed by atoms with Crippen LogP contribution in [0.2, 0.25) is 0 Å². The third kappa shape index (κ3) is 6.86. The summed E-state index contributed by atoms with van der Waals surface area (Å²) in [5, 5.41) is 6.75. The predicted octanol–water partition coefficient (Wildman–Crippen LogP) is 1.83. The zero-order chi connectivity index (χ0) is 19.8. The van der Waals surface area contributed by atoms with Crippen molar-refractivity contribution in [3.63, 3.8) is 0 Å². The molecule has 0 aromatic heterocycles. The minimum Gasteiger partial charge on any atom is -0.357 e. The summed E-state index contributed by atoms with van der Waals surface area (Å²) < 4.78 is 0. The molecule has 2 N–H and O–H groups in total. The molecule has 1 amide bonds. The van der Waals surface area contributed by atoms with Gasteiger partial charge in [-0.2, -0.15) is 0 Å². The van der Waals surface area contributed by atoms with E-state index >= 15 is 0 Å². The lowest BCUT2D eigenvalue weighted by atomic mass is 10.1. The topological polar surface area (TPSA) is 60.0 Å². The molecule has 0 radical (unpaired) electrons. The summed E-state index contributed by atoms with van der Waals surface area (Å²) in [5.41, 5.74) is 1.88. The predicted molar refractivity (Wildman–Crippen MR) is 112 cm³/mol. The lowest BCUT2D eigenvalue weighted by Gasteiger charge is -2.23. The fourth-order valence-corrected chi connectivity index (χ4v) is 3.18. The van der Waals surface area contributed by atoms with Gasteiger partial charge in [0.25, 0.3) is 5.91 Å². The largest absolute Gasteiger partial charge is 0.357 e. The number of aliphatic imine (C=N–C) groups is 1. The Morgan fingerprint density at radius 1 is 1.22 bits per heavy atom. The van der Waals surface area contributed by atoms with Gasteiger partial charge in [0, 0.05) is 38.8 Å². The Bertz CT molecular complexity index is 635. The van der Waals surface area contributed by atoms with E-state index < -0.39 is 0 Å². The van der Waals surface area contributed by atoms with E-state index in [9.17, 15) is 4.79 Å². The Kier molecular flexibility index (Phi) is 8.10.